The molecule has 1 atom stereocenters. The molecule has 0 aromatic rings. The number of rotatable bonds is 8. The molecule has 0 radical (unpaired) electrons. The van der Waals surface area contributed by atoms with Crippen molar-refractivity contribution in [2.24, 2.45) is 0 Å². The molecule has 0 aromatic heterocycles. The fourth-order valence-corrected chi connectivity index (χ4v) is 1.61. The number of hydrogen-bond acceptors (Lipinski definition) is 2. The van der Waals surface area contributed by atoms with Gasteiger partial charge in [0.15, 0.2) is 0 Å². The summed E-state index contributed by atoms with van der Waals surface area (Å²) < 4.78 is 0. The molecule has 0 aliphatic rings. The lowest BCUT2D eigenvalue weighted by molar-refractivity contribution is -0.120. The largest absolute Gasteiger partial charge is 0.341 e. The molecular formula is C12H26N2O. The zero-order valence-corrected chi connectivity index (χ0v) is 10.7. The van der Waals surface area contributed by atoms with E-state index in [0.29, 0.717) is 0 Å². The van der Waals surface area contributed by atoms with Gasteiger partial charge in [0.1, 0.15) is 0 Å². The van der Waals surface area contributed by atoms with E-state index in [9.17, 15) is 4.79 Å². The van der Waals surface area contributed by atoms with Crippen molar-refractivity contribution in [3.05, 3.63) is 0 Å². The molecule has 0 aliphatic carbocycles. The van der Waals surface area contributed by atoms with E-state index >= 15 is 0 Å². The summed E-state index contributed by atoms with van der Waals surface area (Å²) in [4.78, 5) is 13.3. The summed E-state index contributed by atoms with van der Waals surface area (Å²) in [6.45, 7) is 10.2. The van der Waals surface area contributed by atoms with E-state index in [4.69, 9.17) is 0 Å². The lowest BCUT2D eigenvalue weighted by Crippen LogP contribution is -2.46. The first-order valence-electron chi connectivity index (χ1n) is 6.13. The minimum Gasteiger partial charge on any atom is -0.341 e. The maximum absolute atomic E-state index is 11.0. The Morgan fingerprint density at radius 2 is 1.67 bits per heavy atom. The Hall–Kier alpha value is -0.570. The smallest absolute Gasteiger partial charge is 0.218 e. The maximum Gasteiger partial charge on any atom is 0.218 e. The van der Waals surface area contributed by atoms with Gasteiger partial charge in [-0.1, -0.05) is 26.7 Å². The van der Waals surface area contributed by atoms with E-state index in [1.807, 2.05) is 0 Å². The Labute approximate surface area is 94.2 Å². The van der Waals surface area contributed by atoms with Crippen LogP contribution < -0.4 is 5.32 Å². The van der Waals surface area contributed by atoms with Gasteiger partial charge in [0, 0.05) is 20.0 Å². The van der Waals surface area contributed by atoms with Crippen molar-refractivity contribution in [1.29, 1.82) is 0 Å². The molecule has 1 N–H and O–H groups in total. The van der Waals surface area contributed by atoms with E-state index in [0.717, 1.165) is 13.1 Å². The van der Waals surface area contributed by atoms with Crippen molar-refractivity contribution < 1.29 is 4.79 Å². The second kappa shape index (κ2) is 8.72. The molecule has 0 saturated heterocycles. The van der Waals surface area contributed by atoms with Gasteiger partial charge >= 0.3 is 0 Å². The van der Waals surface area contributed by atoms with Crippen LogP contribution in [0.4, 0.5) is 0 Å². The highest BCUT2D eigenvalue weighted by Crippen LogP contribution is 2.02. The van der Waals surface area contributed by atoms with Crippen molar-refractivity contribution >= 4 is 5.91 Å². The van der Waals surface area contributed by atoms with Crippen LogP contribution in [-0.4, -0.2) is 30.1 Å². The van der Waals surface area contributed by atoms with Crippen LogP contribution in [0.25, 0.3) is 0 Å². The van der Waals surface area contributed by atoms with Crippen LogP contribution in [-0.2, 0) is 4.79 Å². The standard InChI is InChI=1S/C12H26N2O/c1-5-7-9-14(10-8-6-2)11(3)13-12(4)15/h11H,5-10H2,1-4H3,(H,13,15). The average molecular weight is 214 g/mol. The monoisotopic (exact) mass is 214 g/mol. The maximum atomic E-state index is 11.0. The Balaban J connectivity index is 4.00. The van der Waals surface area contributed by atoms with Gasteiger partial charge < -0.3 is 5.32 Å². The molecule has 3 heteroatoms. The molecule has 1 unspecified atom stereocenters. The van der Waals surface area contributed by atoms with Crippen molar-refractivity contribution in [1.82, 2.24) is 10.2 Å². The summed E-state index contributed by atoms with van der Waals surface area (Å²) in [6, 6.07) is 0. The summed E-state index contributed by atoms with van der Waals surface area (Å²) in [7, 11) is 0. The SMILES string of the molecule is CCCCN(CCCC)C(C)NC(C)=O. The van der Waals surface area contributed by atoms with Crippen molar-refractivity contribution in [2.45, 2.75) is 59.5 Å². The Kier molecular flexibility index (Phi) is 8.38. The molecular weight excluding hydrogens is 188 g/mol. The Bertz CT molecular complexity index is 163. The first-order valence-corrected chi connectivity index (χ1v) is 6.13. The molecule has 0 spiro atoms. The third kappa shape index (κ3) is 7.37. The van der Waals surface area contributed by atoms with Crippen molar-refractivity contribution in [3.63, 3.8) is 0 Å². The molecule has 3 nitrogen and oxygen atoms in total. The lowest BCUT2D eigenvalue weighted by atomic mass is 10.2. The van der Waals surface area contributed by atoms with Crippen LogP contribution in [0, 0.1) is 0 Å². The van der Waals surface area contributed by atoms with Crippen molar-refractivity contribution in [2.75, 3.05) is 13.1 Å². The summed E-state index contributed by atoms with van der Waals surface area (Å²) >= 11 is 0. The highest BCUT2D eigenvalue weighted by atomic mass is 16.1. The minimum absolute atomic E-state index is 0.0560. The molecule has 0 aliphatic heterocycles. The number of nitrogens with one attached hydrogen (secondary N) is 1. The van der Waals surface area contributed by atoms with Gasteiger partial charge in [-0.05, 0) is 19.8 Å². The van der Waals surface area contributed by atoms with Gasteiger partial charge in [-0.25, -0.2) is 0 Å². The van der Waals surface area contributed by atoms with E-state index in [1.165, 1.54) is 25.7 Å². The highest BCUT2D eigenvalue weighted by Gasteiger charge is 2.12. The second-order valence-corrected chi connectivity index (χ2v) is 4.12. The minimum atomic E-state index is 0.0560. The molecule has 0 aromatic carbocycles. The Morgan fingerprint density at radius 1 is 1.20 bits per heavy atom. The van der Waals surface area contributed by atoms with Gasteiger partial charge in [0.25, 0.3) is 0 Å². The van der Waals surface area contributed by atoms with Gasteiger partial charge in [0.05, 0.1) is 6.17 Å². The number of amides is 1. The molecule has 0 saturated carbocycles. The van der Waals surface area contributed by atoms with Gasteiger partial charge in [-0.2, -0.15) is 0 Å². The lowest BCUT2D eigenvalue weighted by Gasteiger charge is -2.29. The topological polar surface area (TPSA) is 32.3 Å². The van der Waals surface area contributed by atoms with Crippen molar-refractivity contribution in [3.8, 4) is 0 Å². The molecule has 0 fully saturated rings. The molecule has 0 rings (SSSR count). The van der Waals surface area contributed by atoms with Crippen LogP contribution >= 0.6 is 0 Å². The zero-order chi connectivity index (χ0) is 11.7. The van der Waals surface area contributed by atoms with Crippen LogP contribution in [0.2, 0.25) is 0 Å². The first kappa shape index (κ1) is 14.4. The van der Waals surface area contributed by atoms with E-state index in [2.05, 4.69) is 31.0 Å². The Morgan fingerprint density at radius 3 is 2.00 bits per heavy atom. The number of hydrogen-bond donors (Lipinski definition) is 1. The molecule has 0 heterocycles. The number of unbranched alkanes of at least 4 members (excludes halogenated alkanes) is 2. The first-order chi connectivity index (χ1) is 7.11. The van der Waals surface area contributed by atoms with E-state index < -0.39 is 0 Å². The number of nitrogens with zero attached hydrogens (tertiary/aromatic N) is 1. The summed E-state index contributed by atoms with van der Waals surface area (Å²) in [5.74, 6) is 0.0560. The molecule has 15 heavy (non-hydrogen) atoms. The van der Waals surface area contributed by atoms with Gasteiger partial charge in [-0.3, -0.25) is 9.69 Å². The third-order valence-electron chi connectivity index (χ3n) is 2.56. The third-order valence-corrected chi connectivity index (χ3v) is 2.56. The van der Waals surface area contributed by atoms with Crippen LogP contribution in [0.3, 0.4) is 0 Å². The summed E-state index contributed by atoms with van der Waals surface area (Å²) in [6.07, 6.45) is 4.98. The molecule has 90 valence electrons. The van der Waals surface area contributed by atoms with Gasteiger partial charge in [0.2, 0.25) is 5.91 Å². The fraction of sp³-hybridized carbons (Fsp3) is 0.917. The van der Waals surface area contributed by atoms with E-state index in [-0.39, 0.29) is 12.1 Å². The normalized spacial score (nSPS) is 12.9. The van der Waals surface area contributed by atoms with Gasteiger partial charge in [-0.15, -0.1) is 0 Å². The van der Waals surface area contributed by atoms with Crippen LogP contribution in [0.15, 0.2) is 0 Å². The van der Waals surface area contributed by atoms with Crippen LogP contribution in [0.5, 0.6) is 0 Å². The highest BCUT2D eigenvalue weighted by molar-refractivity contribution is 5.73. The van der Waals surface area contributed by atoms with Crippen LogP contribution in [0.1, 0.15) is 53.4 Å². The summed E-state index contributed by atoms with van der Waals surface area (Å²) in [5.41, 5.74) is 0. The summed E-state index contributed by atoms with van der Waals surface area (Å²) in [5, 5.41) is 2.95. The molecule has 0 bridgehead atoms. The average Bonchev–Trinajstić information content (AvgIpc) is 2.17. The fourth-order valence-electron chi connectivity index (χ4n) is 1.61. The molecule has 1 amide bonds. The predicted molar refractivity (Wildman–Crippen MR) is 64.7 cm³/mol. The predicted octanol–water partition coefficient (Wildman–Crippen LogP) is 2.37. The number of carbonyl (C=O) groups excluding carboxylic acids is 1. The quantitative estimate of drug-likeness (QED) is 0.629. The second-order valence-electron chi connectivity index (χ2n) is 4.12. The zero-order valence-electron chi connectivity index (χ0n) is 10.7. The number of carbonyl (C=O) groups is 1. The van der Waals surface area contributed by atoms with E-state index in [1.54, 1.807) is 6.92 Å².